The smallest absolute Gasteiger partial charge is 0.326 e. The summed E-state index contributed by atoms with van der Waals surface area (Å²) in [7, 11) is 0. The molecule has 0 aliphatic carbocycles. The molecule has 7 nitrogen and oxygen atoms in total. The average Bonchev–Trinajstić information content (AvgIpc) is 2.56. The summed E-state index contributed by atoms with van der Waals surface area (Å²) < 4.78 is 1.07. The van der Waals surface area contributed by atoms with Crippen LogP contribution in [0, 0.1) is 6.92 Å². The van der Waals surface area contributed by atoms with E-state index in [2.05, 4.69) is 10.4 Å². The van der Waals surface area contributed by atoms with Crippen LogP contribution < -0.4 is 10.9 Å². The first-order valence-corrected chi connectivity index (χ1v) is 8.81. The Hall–Kier alpha value is -2.35. The Balaban J connectivity index is 2.20. The lowest BCUT2D eigenvalue weighted by Crippen LogP contribution is -2.44. The molecule has 0 aliphatic heterocycles. The maximum Gasteiger partial charge on any atom is 0.326 e. The van der Waals surface area contributed by atoms with Gasteiger partial charge >= 0.3 is 5.97 Å². The Morgan fingerprint density at radius 3 is 2.62 bits per heavy atom. The predicted octanol–water partition coefficient (Wildman–Crippen LogP) is 1.03. The van der Waals surface area contributed by atoms with Crippen molar-refractivity contribution in [2.75, 3.05) is 12.0 Å². The van der Waals surface area contributed by atoms with E-state index in [0.717, 1.165) is 10.1 Å². The lowest BCUT2D eigenvalue weighted by atomic mass is 10.1. The molecule has 1 unspecified atom stereocenters. The fraction of sp³-hybridized carbons (Fsp3) is 0.375. The maximum atomic E-state index is 12.4. The van der Waals surface area contributed by atoms with Gasteiger partial charge in [0.2, 0.25) is 5.91 Å². The maximum absolute atomic E-state index is 12.4. The second kappa shape index (κ2) is 7.96. The van der Waals surface area contributed by atoms with Gasteiger partial charge in [-0.3, -0.25) is 9.59 Å². The zero-order valence-electron chi connectivity index (χ0n) is 13.5. The number of aromatic nitrogens is 2. The number of benzene rings is 1. The minimum Gasteiger partial charge on any atom is -0.480 e. The number of hydrogen-bond donors (Lipinski definition) is 2. The number of carboxylic acid groups (broad SMARTS) is 1. The van der Waals surface area contributed by atoms with Gasteiger partial charge in [-0.15, -0.1) is 0 Å². The summed E-state index contributed by atoms with van der Waals surface area (Å²) in [6.07, 6.45) is 2.18. The molecule has 8 heteroatoms. The molecule has 0 saturated heterocycles. The highest BCUT2D eigenvalue weighted by molar-refractivity contribution is 7.98. The summed E-state index contributed by atoms with van der Waals surface area (Å²) >= 11 is 1.50. The number of amides is 1. The standard InChI is InChI=1S/C16H19N3O4S/c1-10-11-5-3-4-6-12(11)15(21)19(18-10)9-14(20)17-13(16(22)23)7-8-24-2/h3-6,13H,7-9H2,1-2H3,(H,17,20)(H,22,23). The molecule has 0 radical (unpaired) electrons. The van der Waals surface area contributed by atoms with E-state index in [4.69, 9.17) is 5.11 Å². The highest BCUT2D eigenvalue weighted by Crippen LogP contribution is 2.11. The molecule has 0 bridgehead atoms. The third kappa shape index (κ3) is 4.14. The summed E-state index contributed by atoms with van der Waals surface area (Å²) in [5, 5.41) is 17.0. The first-order valence-electron chi connectivity index (χ1n) is 7.41. The summed E-state index contributed by atoms with van der Waals surface area (Å²) in [6.45, 7) is 1.45. The van der Waals surface area contributed by atoms with Gasteiger partial charge in [0, 0.05) is 5.39 Å². The second-order valence-electron chi connectivity index (χ2n) is 5.33. The van der Waals surface area contributed by atoms with Gasteiger partial charge in [-0.25, -0.2) is 9.48 Å². The average molecular weight is 349 g/mol. The Kier molecular flexibility index (Phi) is 5.97. The van der Waals surface area contributed by atoms with Crippen LogP contribution in [0.3, 0.4) is 0 Å². The number of carbonyl (C=O) groups is 2. The fourth-order valence-electron chi connectivity index (χ4n) is 2.38. The zero-order chi connectivity index (χ0) is 17.7. The van der Waals surface area contributed by atoms with Crippen LogP contribution in [0.4, 0.5) is 0 Å². The van der Waals surface area contributed by atoms with E-state index < -0.39 is 17.9 Å². The van der Waals surface area contributed by atoms with Gasteiger partial charge < -0.3 is 10.4 Å². The molecule has 0 fully saturated rings. The van der Waals surface area contributed by atoms with Crippen LogP contribution >= 0.6 is 11.8 Å². The first-order chi connectivity index (χ1) is 11.4. The van der Waals surface area contributed by atoms with Crippen molar-refractivity contribution >= 4 is 34.4 Å². The van der Waals surface area contributed by atoms with Gasteiger partial charge in [-0.1, -0.05) is 18.2 Å². The highest BCUT2D eigenvalue weighted by atomic mass is 32.2. The van der Waals surface area contributed by atoms with Crippen LogP contribution in [0.15, 0.2) is 29.1 Å². The molecule has 24 heavy (non-hydrogen) atoms. The van der Waals surface area contributed by atoms with E-state index in [1.807, 2.05) is 12.3 Å². The number of carboxylic acids is 1. The topological polar surface area (TPSA) is 101 Å². The van der Waals surface area contributed by atoms with Gasteiger partial charge in [0.1, 0.15) is 12.6 Å². The van der Waals surface area contributed by atoms with E-state index in [-0.39, 0.29) is 12.1 Å². The molecule has 1 amide bonds. The van der Waals surface area contributed by atoms with Crippen LogP contribution in [0.2, 0.25) is 0 Å². The third-order valence-corrected chi connectivity index (χ3v) is 4.23. The number of nitrogens with zero attached hydrogens (tertiary/aromatic N) is 2. The number of aryl methyl sites for hydroxylation is 1. The van der Waals surface area contributed by atoms with Crippen LogP contribution in [-0.2, 0) is 16.1 Å². The number of thioether (sulfide) groups is 1. The number of carbonyl (C=O) groups excluding carboxylic acids is 1. The highest BCUT2D eigenvalue weighted by Gasteiger charge is 2.20. The van der Waals surface area contributed by atoms with Crippen molar-refractivity contribution in [2.24, 2.45) is 0 Å². The minimum absolute atomic E-state index is 0.312. The van der Waals surface area contributed by atoms with Gasteiger partial charge in [0.25, 0.3) is 5.56 Å². The van der Waals surface area contributed by atoms with Crippen LogP contribution in [0.25, 0.3) is 10.8 Å². The molecule has 1 atom stereocenters. The molecule has 1 aromatic carbocycles. The van der Waals surface area contributed by atoms with E-state index in [9.17, 15) is 14.4 Å². The SMILES string of the molecule is CSCCC(NC(=O)Cn1nc(C)c2ccccc2c1=O)C(=O)O. The molecule has 1 heterocycles. The molecule has 0 spiro atoms. The van der Waals surface area contributed by atoms with E-state index in [0.29, 0.717) is 23.3 Å². The summed E-state index contributed by atoms with van der Waals surface area (Å²) in [5.41, 5.74) is 0.262. The Labute approximate surface area is 143 Å². The molecule has 2 N–H and O–H groups in total. The van der Waals surface area contributed by atoms with Crippen LogP contribution in [0.1, 0.15) is 12.1 Å². The third-order valence-electron chi connectivity index (χ3n) is 3.59. The molecule has 2 rings (SSSR count). The predicted molar refractivity (Wildman–Crippen MR) is 93.3 cm³/mol. The molecule has 0 saturated carbocycles. The van der Waals surface area contributed by atoms with E-state index in [1.54, 1.807) is 25.1 Å². The number of hydrogen-bond acceptors (Lipinski definition) is 5. The number of rotatable bonds is 7. The Morgan fingerprint density at radius 1 is 1.33 bits per heavy atom. The molecular weight excluding hydrogens is 330 g/mol. The van der Waals surface area contributed by atoms with Crippen molar-refractivity contribution in [3.63, 3.8) is 0 Å². The van der Waals surface area contributed by atoms with Crippen molar-refractivity contribution in [1.29, 1.82) is 0 Å². The Bertz CT molecular complexity index is 819. The van der Waals surface area contributed by atoms with Crippen molar-refractivity contribution in [3.05, 3.63) is 40.3 Å². The lowest BCUT2D eigenvalue weighted by Gasteiger charge is -2.14. The van der Waals surface area contributed by atoms with Crippen molar-refractivity contribution in [2.45, 2.75) is 25.9 Å². The summed E-state index contributed by atoms with van der Waals surface area (Å²) in [5.74, 6) is -1.02. The normalized spacial score (nSPS) is 12.1. The minimum atomic E-state index is -1.09. The second-order valence-corrected chi connectivity index (χ2v) is 6.32. The molecule has 1 aromatic heterocycles. The van der Waals surface area contributed by atoms with Crippen molar-refractivity contribution in [3.8, 4) is 0 Å². The van der Waals surface area contributed by atoms with Gasteiger partial charge in [0.15, 0.2) is 0 Å². The molecule has 0 aliphatic rings. The van der Waals surface area contributed by atoms with Crippen LogP contribution in [-0.4, -0.2) is 44.8 Å². The Morgan fingerprint density at radius 2 is 2.00 bits per heavy atom. The lowest BCUT2D eigenvalue weighted by molar-refractivity contribution is -0.142. The van der Waals surface area contributed by atoms with Gasteiger partial charge in [-0.05, 0) is 31.4 Å². The largest absolute Gasteiger partial charge is 0.480 e. The van der Waals surface area contributed by atoms with Crippen molar-refractivity contribution in [1.82, 2.24) is 15.1 Å². The van der Waals surface area contributed by atoms with Gasteiger partial charge in [0.05, 0.1) is 11.1 Å². The monoisotopic (exact) mass is 349 g/mol. The first kappa shape index (κ1) is 18.0. The number of nitrogens with one attached hydrogen (secondary N) is 1. The molecule has 2 aromatic rings. The van der Waals surface area contributed by atoms with Gasteiger partial charge in [-0.2, -0.15) is 16.9 Å². The van der Waals surface area contributed by atoms with E-state index >= 15 is 0 Å². The fourth-order valence-corrected chi connectivity index (χ4v) is 2.85. The number of aliphatic carboxylic acids is 1. The summed E-state index contributed by atoms with van der Waals surface area (Å²) in [6, 6.07) is 6.07. The van der Waals surface area contributed by atoms with Crippen molar-refractivity contribution < 1.29 is 14.7 Å². The molecular formula is C16H19N3O4S. The zero-order valence-corrected chi connectivity index (χ0v) is 14.3. The molecule has 128 valence electrons. The summed E-state index contributed by atoms with van der Waals surface area (Å²) in [4.78, 5) is 35.7. The van der Waals surface area contributed by atoms with Crippen LogP contribution in [0.5, 0.6) is 0 Å². The quantitative estimate of drug-likeness (QED) is 0.774. The van der Waals surface area contributed by atoms with E-state index in [1.165, 1.54) is 11.8 Å². The number of fused-ring (bicyclic) bond motifs is 1.